The average Bonchev–Trinajstić information content (AvgIpc) is 2.73. The summed E-state index contributed by atoms with van der Waals surface area (Å²) in [5, 5.41) is 14.5. The van der Waals surface area contributed by atoms with E-state index in [0.29, 0.717) is 5.56 Å². The Bertz CT molecular complexity index is 1130. The molecule has 0 spiro atoms. The molecule has 0 aliphatic carbocycles. The van der Waals surface area contributed by atoms with Crippen LogP contribution in [-0.2, 0) is 15.8 Å². The van der Waals surface area contributed by atoms with Gasteiger partial charge in [-0.2, -0.15) is 18.4 Å². The standard InChI is InChI=1S/C21H14ClF4N3O2S/c22-16-6-3-12(21(24,25)26)7-17(16)28-19(31)10-32-20-15(9-27)14(8-18(30)29-20)11-1-4-13(23)5-2-11/h1-7,14H,8,10H2,(H,28,31)(H,29,30)/t14-/m0/s1. The third kappa shape index (κ3) is 5.60. The van der Waals surface area contributed by atoms with Crippen LogP contribution in [0.1, 0.15) is 23.5 Å². The number of alkyl halides is 3. The third-order valence-corrected chi connectivity index (χ3v) is 5.89. The van der Waals surface area contributed by atoms with Crippen LogP contribution in [0.4, 0.5) is 23.2 Å². The van der Waals surface area contributed by atoms with E-state index in [4.69, 9.17) is 11.6 Å². The minimum Gasteiger partial charge on any atom is -0.324 e. The predicted octanol–water partition coefficient (Wildman–Crippen LogP) is 5.21. The summed E-state index contributed by atoms with van der Waals surface area (Å²) in [6.45, 7) is 0. The molecule has 2 N–H and O–H groups in total. The fourth-order valence-electron chi connectivity index (χ4n) is 3.03. The van der Waals surface area contributed by atoms with Crippen molar-refractivity contribution in [3.63, 3.8) is 0 Å². The van der Waals surface area contributed by atoms with Gasteiger partial charge in [-0.25, -0.2) is 4.39 Å². The largest absolute Gasteiger partial charge is 0.416 e. The van der Waals surface area contributed by atoms with Crippen molar-refractivity contribution in [3.8, 4) is 6.07 Å². The van der Waals surface area contributed by atoms with E-state index in [1.54, 1.807) is 0 Å². The molecule has 166 valence electrons. The molecule has 1 aliphatic rings. The Kier molecular flexibility index (Phi) is 7.11. The number of benzene rings is 2. The molecule has 0 bridgehead atoms. The lowest BCUT2D eigenvalue weighted by Gasteiger charge is -2.25. The number of thioether (sulfide) groups is 1. The van der Waals surface area contributed by atoms with Gasteiger partial charge in [0.1, 0.15) is 5.82 Å². The summed E-state index contributed by atoms with van der Waals surface area (Å²) in [4.78, 5) is 24.4. The lowest BCUT2D eigenvalue weighted by atomic mass is 9.87. The molecule has 0 unspecified atom stereocenters. The molecule has 2 amide bonds. The number of nitrogens with one attached hydrogen (secondary N) is 2. The Labute approximate surface area is 189 Å². The normalized spacial score (nSPS) is 16.4. The van der Waals surface area contributed by atoms with Crippen LogP contribution in [0.2, 0.25) is 5.02 Å². The second-order valence-electron chi connectivity index (χ2n) is 6.74. The zero-order valence-electron chi connectivity index (χ0n) is 16.1. The van der Waals surface area contributed by atoms with Crippen molar-refractivity contribution < 1.29 is 27.2 Å². The number of hydrogen-bond acceptors (Lipinski definition) is 4. The quantitative estimate of drug-likeness (QED) is 0.572. The molecule has 11 heteroatoms. The van der Waals surface area contributed by atoms with Gasteiger partial charge in [0, 0.05) is 12.3 Å². The van der Waals surface area contributed by atoms with E-state index in [1.165, 1.54) is 24.3 Å². The SMILES string of the molecule is N#CC1=C(SCC(=O)Nc2cc(C(F)(F)F)ccc2Cl)NC(=O)C[C@H]1c1ccc(F)cc1. The van der Waals surface area contributed by atoms with Crippen molar-refractivity contribution in [2.75, 3.05) is 11.1 Å². The summed E-state index contributed by atoms with van der Waals surface area (Å²) in [5.74, 6) is -2.45. The fraction of sp³-hybridized carbons (Fsp3) is 0.190. The second kappa shape index (κ2) is 9.63. The molecule has 0 saturated carbocycles. The molecule has 5 nitrogen and oxygen atoms in total. The minimum atomic E-state index is -4.60. The maximum atomic E-state index is 13.2. The zero-order valence-corrected chi connectivity index (χ0v) is 17.7. The van der Waals surface area contributed by atoms with Crippen molar-refractivity contribution in [1.82, 2.24) is 5.32 Å². The second-order valence-corrected chi connectivity index (χ2v) is 8.13. The topological polar surface area (TPSA) is 82.0 Å². The number of carbonyl (C=O) groups excluding carboxylic acids is 2. The van der Waals surface area contributed by atoms with Crippen LogP contribution in [0.25, 0.3) is 0 Å². The Morgan fingerprint density at radius 1 is 1.25 bits per heavy atom. The van der Waals surface area contributed by atoms with Gasteiger partial charge in [0.2, 0.25) is 11.8 Å². The molecule has 32 heavy (non-hydrogen) atoms. The van der Waals surface area contributed by atoms with E-state index in [9.17, 15) is 32.4 Å². The van der Waals surface area contributed by atoms with Gasteiger partial charge in [-0.3, -0.25) is 9.59 Å². The van der Waals surface area contributed by atoms with Gasteiger partial charge in [0.15, 0.2) is 0 Å². The molecule has 0 aromatic heterocycles. The Hall–Kier alpha value is -3.03. The molecule has 1 aliphatic heterocycles. The summed E-state index contributed by atoms with van der Waals surface area (Å²) in [5.41, 5.74) is -0.415. The molecule has 0 saturated heterocycles. The highest BCUT2D eigenvalue weighted by atomic mass is 35.5. The van der Waals surface area contributed by atoms with Crippen LogP contribution in [0.3, 0.4) is 0 Å². The van der Waals surface area contributed by atoms with E-state index >= 15 is 0 Å². The third-order valence-electron chi connectivity index (χ3n) is 4.54. The first-order chi connectivity index (χ1) is 15.1. The number of allylic oxidation sites excluding steroid dienone is 1. The van der Waals surface area contributed by atoms with Gasteiger partial charge in [-0.15, -0.1) is 0 Å². The maximum Gasteiger partial charge on any atom is 0.416 e. The lowest BCUT2D eigenvalue weighted by molar-refractivity contribution is -0.137. The Balaban J connectivity index is 1.76. The molecule has 1 atom stereocenters. The summed E-state index contributed by atoms with van der Waals surface area (Å²) in [6.07, 6.45) is -4.63. The highest BCUT2D eigenvalue weighted by Crippen LogP contribution is 2.37. The van der Waals surface area contributed by atoms with Crippen molar-refractivity contribution in [3.05, 3.63) is 75.0 Å². The lowest BCUT2D eigenvalue weighted by Crippen LogP contribution is -2.31. The summed E-state index contributed by atoms with van der Waals surface area (Å²) < 4.78 is 51.9. The first-order valence-electron chi connectivity index (χ1n) is 9.07. The molecular formula is C21H14ClF4N3O2S. The Morgan fingerprint density at radius 2 is 1.94 bits per heavy atom. The highest BCUT2D eigenvalue weighted by molar-refractivity contribution is 8.03. The first-order valence-corrected chi connectivity index (χ1v) is 10.4. The van der Waals surface area contributed by atoms with E-state index in [0.717, 1.165) is 30.0 Å². The van der Waals surface area contributed by atoms with E-state index in [-0.39, 0.29) is 39.4 Å². The van der Waals surface area contributed by atoms with Crippen LogP contribution < -0.4 is 10.6 Å². The summed E-state index contributed by atoms with van der Waals surface area (Å²) in [6, 6.07) is 9.94. The van der Waals surface area contributed by atoms with Crippen molar-refractivity contribution >= 4 is 40.9 Å². The molecule has 0 fully saturated rings. The molecular weight excluding hydrogens is 470 g/mol. The number of carbonyl (C=O) groups is 2. The summed E-state index contributed by atoms with van der Waals surface area (Å²) in [7, 11) is 0. The van der Waals surface area contributed by atoms with Crippen molar-refractivity contribution in [2.45, 2.75) is 18.5 Å². The van der Waals surface area contributed by atoms with Crippen LogP contribution in [-0.4, -0.2) is 17.6 Å². The van der Waals surface area contributed by atoms with E-state index < -0.39 is 29.4 Å². The van der Waals surface area contributed by atoms with Crippen LogP contribution >= 0.6 is 23.4 Å². The molecule has 2 aromatic carbocycles. The first kappa shape index (κ1) is 23.6. The van der Waals surface area contributed by atoms with Crippen LogP contribution in [0, 0.1) is 17.1 Å². The maximum absolute atomic E-state index is 13.2. The van der Waals surface area contributed by atoms with Crippen LogP contribution in [0.5, 0.6) is 0 Å². The fourth-order valence-corrected chi connectivity index (χ4v) is 4.08. The number of amides is 2. The van der Waals surface area contributed by atoms with Gasteiger partial charge in [-0.05, 0) is 35.9 Å². The van der Waals surface area contributed by atoms with E-state index in [1.807, 2.05) is 6.07 Å². The number of rotatable bonds is 5. The summed E-state index contributed by atoms with van der Waals surface area (Å²) >= 11 is 6.73. The van der Waals surface area contributed by atoms with Crippen LogP contribution in [0.15, 0.2) is 53.1 Å². The Morgan fingerprint density at radius 3 is 2.56 bits per heavy atom. The van der Waals surface area contributed by atoms with Crippen molar-refractivity contribution in [1.29, 1.82) is 5.26 Å². The number of nitrogens with zero attached hydrogens (tertiary/aromatic N) is 1. The van der Waals surface area contributed by atoms with Gasteiger partial charge >= 0.3 is 6.18 Å². The van der Waals surface area contributed by atoms with Gasteiger partial charge < -0.3 is 10.6 Å². The molecule has 0 radical (unpaired) electrons. The highest BCUT2D eigenvalue weighted by Gasteiger charge is 2.32. The van der Waals surface area contributed by atoms with Crippen molar-refractivity contribution in [2.24, 2.45) is 0 Å². The minimum absolute atomic E-state index is 0.0232. The number of hydrogen-bond donors (Lipinski definition) is 2. The van der Waals surface area contributed by atoms with Gasteiger partial charge in [0.25, 0.3) is 0 Å². The predicted molar refractivity (Wildman–Crippen MR) is 112 cm³/mol. The monoisotopic (exact) mass is 483 g/mol. The number of nitriles is 1. The van der Waals surface area contributed by atoms with E-state index in [2.05, 4.69) is 10.6 Å². The molecule has 1 heterocycles. The molecule has 2 aromatic rings. The van der Waals surface area contributed by atoms with Gasteiger partial charge in [-0.1, -0.05) is 35.5 Å². The molecule has 3 rings (SSSR count). The average molecular weight is 484 g/mol. The number of halogens is 5. The zero-order chi connectivity index (χ0) is 23.5. The smallest absolute Gasteiger partial charge is 0.324 e. The van der Waals surface area contributed by atoms with Gasteiger partial charge in [0.05, 0.1) is 38.7 Å². The number of anilines is 1.